The Morgan fingerprint density at radius 2 is 2.22 bits per heavy atom. The Morgan fingerprint density at radius 1 is 1.56 bits per heavy atom. The number of nitrogens with two attached hydrogens (primary N) is 1. The zero-order valence-electron chi connectivity index (χ0n) is 5.33. The van der Waals surface area contributed by atoms with Crippen LogP contribution in [0.25, 0.3) is 0 Å². The highest BCUT2D eigenvalue weighted by atomic mass is 16.3. The van der Waals surface area contributed by atoms with Gasteiger partial charge >= 0.3 is 0 Å². The standard InChI is InChI=1S/C6H13NO2/c7-4-2-1-3-6(9)5-8/h2,4,6,8-9H,1,3,5,7H2. The minimum absolute atomic E-state index is 0.168. The lowest BCUT2D eigenvalue weighted by molar-refractivity contribution is 0.0891. The largest absolute Gasteiger partial charge is 0.405 e. The topological polar surface area (TPSA) is 66.5 Å². The summed E-state index contributed by atoms with van der Waals surface area (Å²) in [6.07, 6.45) is 3.88. The van der Waals surface area contributed by atoms with Gasteiger partial charge in [0.2, 0.25) is 0 Å². The summed E-state index contributed by atoms with van der Waals surface area (Å²) in [7, 11) is 0. The summed E-state index contributed by atoms with van der Waals surface area (Å²) in [5.41, 5.74) is 5.03. The first kappa shape index (κ1) is 8.46. The van der Waals surface area contributed by atoms with Crippen LogP contribution in [0.2, 0.25) is 0 Å². The van der Waals surface area contributed by atoms with Crippen LogP contribution in [0.4, 0.5) is 0 Å². The van der Waals surface area contributed by atoms with Crippen LogP contribution in [0.15, 0.2) is 12.3 Å². The average Bonchev–Trinajstić information content (AvgIpc) is 1.89. The Labute approximate surface area is 54.8 Å². The van der Waals surface area contributed by atoms with Gasteiger partial charge in [0.1, 0.15) is 0 Å². The third kappa shape index (κ3) is 5.33. The van der Waals surface area contributed by atoms with E-state index in [2.05, 4.69) is 0 Å². The van der Waals surface area contributed by atoms with Crippen molar-refractivity contribution >= 4 is 0 Å². The second kappa shape index (κ2) is 5.59. The fourth-order valence-electron chi connectivity index (χ4n) is 0.476. The van der Waals surface area contributed by atoms with Crippen molar-refractivity contribution in [3.8, 4) is 0 Å². The van der Waals surface area contributed by atoms with Crippen LogP contribution in [0.1, 0.15) is 12.8 Å². The van der Waals surface area contributed by atoms with Crippen LogP contribution >= 0.6 is 0 Å². The molecule has 0 heterocycles. The number of aliphatic hydroxyl groups is 2. The summed E-state index contributed by atoms with van der Waals surface area (Å²) in [5.74, 6) is 0. The Morgan fingerprint density at radius 3 is 2.67 bits per heavy atom. The second-order valence-corrected chi connectivity index (χ2v) is 1.84. The fraction of sp³-hybridized carbons (Fsp3) is 0.667. The molecule has 9 heavy (non-hydrogen) atoms. The highest BCUT2D eigenvalue weighted by Crippen LogP contribution is 1.95. The van der Waals surface area contributed by atoms with Gasteiger partial charge in [-0.25, -0.2) is 0 Å². The Balaban J connectivity index is 3.06. The van der Waals surface area contributed by atoms with Crippen molar-refractivity contribution in [2.75, 3.05) is 6.61 Å². The van der Waals surface area contributed by atoms with E-state index in [0.29, 0.717) is 6.42 Å². The van der Waals surface area contributed by atoms with Gasteiger partial charge in [-0.05, 0) is 19.0 Å². The smallest absolute Gasteiger partial charge is 0.0773 e. The molecule has 0 aliphatic rings. The van der Waals surface area contributed by atoms with E-state index < -0.39 is 6.10 Å². The molecule has 0 aliphatic carbocycles. The van der Waals surface area contributed by atoms with Crippen molar-refractivity contribution in [3.63, 3.8) is 0 Å². The maximum Gasteiger partial charge on any atom is 0.0773 e. The predicted molar refractivity (Wildman–Crippen MR) is 35.7 cm³/mol. The minimum atomic E-state index is -0.596. The number of aliphatic hydroxyl groups excluding tert-OH is 2. The van der Waals surface area contributed by atoms with E-state index in [4.69, 9.17) is 15.9 Å². The summed E-state index contributed by atoms with van der Waals surface area (Å²) in [5, 5.41) is 17.1. The lowest BCUT2D eigenvalue weighted by Crippen LogP contribution is -2.10. The summed E-state index contributed by atoms with van der Waals surface area (Å²) in [4.78, 5) is 0. The maximum atomic E-state index is 8.76. The molecule has 54 valence electrons. The van der Waals surface area contributed by atoms with Gasteiger partial charge in [-0.3, -0.25) is 0 Å². The molecule has 3 nitrogen and oxygen atoms in total. The molecule has 0 bridgehead atoms. The molecule has 0 aromatic carbocycles. The number of rotatable bonds is 4. The van der Waals surface area contributed by atoms with Crippen molar-refractivity contribution in [2.45, 2.75) is 18.9 Å². The third-order valence-electron chi connectivity index (χ3n) is 1.01. The minimum Gasteiger partial charge on any atom is -0.405 e. The normalized spacial score (nSPS) is 14.4. The third-order valence-corrected chi connectivity index (χ3v) is 1.01. The number of allylic oxidation sites excluding steroid dienone is 1. The molecule has 3 heteroatoms. The van der Waals surface area contributed by atoms with Crippen LogP contribution < -0.4 is 5.73 Å². The van der Waals surface area contributed by atoms with Gasteiger partial charge in [0.05, 0.1) is 12.7 Å². The van der Waals surface area contributed by atoms with E-state index in [1.54, 1.807) is 6.08 Å². The van der Waals surface area contributed by atoms with Crippen molar-refractivity contribution in [1.82, 2.24) is 0 Å². The fourth-order valence-corrected chi connectivity index (χ4v) is 0.476. The molecule has 0 spiro atoms. The van der Waals surface area contributed by atoms with Crippen LogP contribution in [-0.4, -0.2) is 22.9 Å². The van der Waals surface area contributed by atoms with E-state index in [1.165, 1.54) is 6.20 Å². The Kier molecular flexibility index (Phi) is 5.26. The van der Waals surface area contributed by atoms with Gasteiger partial charge in [0.15, 0.2) is 0 Å². The Bertz CT molecular complexity index is 83.1. The molecule has 0 aromatic heterocycles. The van der Waals surface area contributed by atoms with Gasteiger partial charge in [0.25, 0.3) is 0 Å². The van der Waals surface area contributed by atoms with Gasteiger partial charge in [0, 0.05) is 0 Å². The highest BCUT2D eigenvalue weighted by Gasteiger charge is 1.97. The molecule has 0 aliphatic heterocycles. The number of hydrogen-bond donors (Lipinski definition) is 3. The first-order valence-electron chi connectivity index (χ1n) is 2.97. The van der Waals surface area contributed by atoms with Crippen molar-refractivity contribution < 1.29 is 10.2 Å². The van der Waals surface area contributed by atoms with Crippen molar-refractivity contribution in [1.29, 1.82) is 0 Å². The summed E-state index contributed by atoms with van der Waals surface area (Å²) >= 11 is 0. The molecule has 0 saturated heterocycles. The summed E-state index contributed by atoms with van der Waals surface area (Å²) in [6, 6.07) is 0. The predicted octanol–water partition coefficient (Wildman–Crippen LogP) is -0.408. The second-order valence-electron chi connectivity index (χ2n) is 1.84. The molecule has 0 radical (unpaired) electrons. The highest BCUT2D eigenvalue weighted by molar-refractivity contribution is 4.76. The number of hydrogen-bond acceptors (Lipinski definition) is 3. The van der Waals surface area contributed by atoms with Crippen molar-refractivity contribution in [3.05, 3.63) is 12.3 Å². The van der Waals surface area contributed by atoms with Gasteiger partial charge in [-0.2, -0.15) is 0 Å². The zero-order chi connectivity index (χ0) is 7.11. The van der Waals surface area contributed by atoms with E-state index >= 15 is 0 Å². The molecular formula is C6H13NO2. The molecule has 0 aromatic rings. The first-order chi connectivity index (χ1) is 4.31. The zero-order valence-corrected chi connectivity index (χ0v) is 5.33. The molecule has 0 fully saturated rings. The summed E-state index contributed by atoms with van der Waals surface area (Å²) in [6.45, 7) is -0.168. The lowest BCUT2D eigenvalue weighted by Gasteiger charge is -2.01. The molecule has 1 atom stereocenters. The first-order valence-corrected chi connectivity index (χ1v) is 2.97. The maximum absolute atomic E-state index is 8.76. The van der Waals surface area contributed by atoms with E-state index in [-0.39, 0.29) is 6.61 Å². The van der Waals surface area contributed by atoms with E-state index in [0.717, 1.165) is 6.42 Å². The van der Waals surface area contributed by atoms with Crippen LogP contribution in [0.5, 0.6) is 0 Å². The van der Waals surface area contributed by atoms with Gasteiger partial charge in [-0.1, -0.05) is 6.08 Å². The Hall–Kier alpha value is -0.540. The van der Waals surface area contributed by atoms with Crippen LogP contribution in [0.3, 0.4) is 0 Å². The molecular weight excluding hydrogens is 118 g/mol. The van der Waals surface area contributed by atoms with E-state index in [1.807, 2.05) is 0 Å². The van der Waals surface area contributed by atoms with Gasteiger partial charge < -0.3 is 15.9 Å². The molecule has 0 amide bonds. The summed E-state index contributed by atoms with van der Waals surface area (Å²) < 4.78 is 0. The van der Waals surface area contributed by atoms with Gasteiger partial charge in [-0.15, -0.1) is 0 Å². The molecule has 1 unspecified atom stereocenters. The lowest BCUT2D eigenvalue weighted by atomic mass is 10.2. The molecule has 0 rings (SSSR count). The van der Waals surface area contributed by atoms with Crippen molar-refractivity contribution in [2.24, 2.45) is 5.73 Å². The molecule has 4 N–H and O–H groups in total. The average molecular weight is 131 g/mol. The SMILES string of the molecule is NC=CCCC(O)CO. The van der Waals surface area contributed by atoms with Crippen LogP contribution in [-0.2, 0) is 0 Å². The molecule has 0 saturated carbocycles. The monoisotopic (exact) mass is 131 g/mol. The quantitative estimate of drug-likeness (QED) is 0.486. The van der Waals surface area contributed by atoms with Crippen LogP contribution in [0, 0.1) is 0 Å². The van der Waals surface area contributed by atoms with E-state index in [9.17, 15) is 0 Å².